The third-order valence-corrected chi connectivity index (χ3v) is 3.61. The standard InChI is InChI=1S/C11H11N3O3S/c15-10(9-4-2-1-3-5-9)6-14-18(16,17)11-7-12-8-13-11/h1-5,7-8,14H,6H2,(H,12,13). The number of H-pyrrole nitrogens is 1. The Morgan fingerprint density at radius 2 is 2.00 bits per heavy atom. The minimum absolute atomic E-state index is 0.0663. The number of imidazole rings is 1. The first-order valence-electron chi connectivity index (χ1n) is 5.16. The van der Waals surface area contributed by atoms with Gasteiger partial charge in [0, 0.05) is 5.56 Å². The van der Waals surface area contributed by atoms with Gasteiger partial charge in [-0.15, -0.1) is 0 Å². The molecule has 0 amide bonds. The number of hydrogen-bond donors (Lipinski definition) is 2. The molecule has 0 aliphatic rings. The van der Waals surface area contributed by atoms with Gasteiger partial charge in [-0.25, -0.2) is 18.1 Å². The van der Waals surface area contributed by atoms with E-state index in [1.807, 2.05) is 0 Å². The van der Waals surface area contributed by atoms with E-state index in [9.17, 15) is 13.2 Å². The summed E-state index contributed by atoms with van der Waals surface area (Å²) in [4.78, 5) is 17.8. The Bertz CT molecular complexity index is 621. The molecule has 0 fully saturated rings. The monoisotopic (exact) mass is 265 g/mol. The van der Waals surface area contributed by atoms with E-state index in [1.54, 1.807) is 30.3 Å². The number of Topliss-reactive ketones (excluding diaryl/α,β-unsaturated/α-hetero) is 1. The molecule has 0 atom stereocenters. The number of ketones is 1. The number of carbonyl (C=O) groups excluding carboxylic acids is 1. The van der Waals surface area contributed by atoms with Gasteiger partial charge in [0.2, 0.25) is 0 Å². The zero-order chi connectivity index (χ0) is 13.0. The van der Waals surface area contributed by atoms with Crippen molar-refractivity contribution in [3.63, 3.8) is 0 Å². The second kappa shape index (κ2) is 5.11. The van der Waals surface area contributed by atoms with Gasteiger partial charge in [-0.1, -0.05) is 30.3 Å². The summed E-state index contributed by atoms with van der Waals surface area (Å²) in [6, 6.07) is 8.48. The van der Waals surface area contributed by atoms with E-state index in [0.29, 0.717) is 5.56 Å². The lowest BCUT2D eigenvalue weighted by Crippen LogP contribution is -2.29. The Hall–Kier alpha value is -1.99. The number of aromatic amines is 1. The number of aromatic nitrogens is 2. The fourth-order valence-electron chi connectivity index (χ4n) is 1.35. The third-order valence-electron chi connectivity index (χ3n) is 2.28. The molecule has 0 saturated carbocycles. The summed E-state index contributed by atoms with van der Waals surface area (Å²) < 4.78 is 25.6. The van der Waals surface area contributed by atoms with Crippen molar-refractivity contribution in [3.8, 4) is 0 Å². The van der Waals surface area contributed by atoms with Crippen molar-refractivity contribution in [1.29, 1.82) is 0 Å². The molecule has 0 aliphatic heterocycles. The molecular formula is C11H11N3O3S. The van der Waals surface area contributed by atoms with Crippen LogP contribution in [0.15, 0.2) is 47.9 Å². The van der Waals surface area contributed by atoms with E-state index in [-0.39, 0.29) is 17.4 Å². The predicted octanol–water partition coefficient (Wildman–Crippen LogP) is 0.571. The van der Waals surface area contributed by atoms with E-state index >= 15 is 0 Å². The van der Waals surface area contributed by atoms with E-state index in [2.05, 4.69) is 14.7 Å². The van der Waals surface area contributed by atoms with Gasteiger partial charge in [-0.2, -0.15) is 0 Å². The van der Waals surface area contributed by atoms with Crippen LogP contribution in [0.3, 0.4) is 0 Å². The molecular weight excluding hydrogens is 254 g/mol. The number of rotatable bonds is 5. The number of nitrogens with zero attached hydrogens (tertiary/aromatic N) is 1. The number of hydrogen-bond acceptors (Lipinski definition) is 4. The van der Waals surface area contributed by atoms with Gasteiger partial charge in [0.1, 0.15) is 0 Å². The number of nitrogens with one attached hydrogen (secondary N) is 2. The van der Waals surface area contributed by atoms with E-state index in [4.69, 9.17) is 0 Å². The average molecular weight is 265 g/mol. The highest BCUT2D eigenvalue weighted by Crippen LogP contribution is 2.03. The van der Waals surface area contributed by atoms with Crippen LogP contribution in [0.25, 0.3) is 0 Å². The van der Waals surface area contributed by atoms with Crippen LogP contribution in [0.4, 0.5) is 0 Å². The molecule has 7 heteroatoms. The first-order chi connectivity index (χ1) is 8.59. The molecule has 2 rings (SSSR count). The van der Waals surface area contributed by atoms with Gasteiger partial charge in [-0.05, 0) is 0 Å². The minimum Gasteiger partial charge on any atom is -0.335 e. The quantitative estimate of drug-likeness (QED) is 0.773. The van der Waals surface area contributed by atoms with Crippen molar-refractivity contribution in [2.24, 2.45) is 0 Å². The Kier molecular flexibility index (Phi) is 3.54. The molecule has 2 aromatic rings. The molecule has 18 heavy (non-hydrogen) atoms. The average Bonchev–Trinajstić information content (AvgIpc) is 2.92. The number of sulfonamides is 1. The summed E-state index contributed by atoms with van der Waals surface area (Å²) in [6.45, 7) is -0.286. The summed E-state index contributed by atoms with van der Waals surface area (Å²) in [7, 11) is -3.71. The van der Waals surface area contributed by atoms with Crippen molar-refractivity contribution in [3.05, 3.63) is 48.4 Å². The van der Waals surface area contributed by atoms with E-state index in [0.717, 1.165) is 0 Å². The first kappa shape index (κ1) is 12.5. The molecule has 0 aliphatic carbocycles. The lowest BCUT2D eigenvalue weighted by Gasteiger charge is -2.03. The highest BCUT2D eigenvalue weighted by Gasteiger charge is 2.17. The lowest BCUT2D eigenvalue weighted by molar-refractivity contribution is 0.0997. The van der Waals surface area contributed by atoms with Crippen molar-refractivity contribution in [2.45, 2.75) is 5.03 Å². The van der Waals surface area contributed by atoms with Gasteiger partial charge >= 0.3 is 0 Å². The van der Waals surface area contributed by atoms with Crippen LogP contribution in [0.1, 0.15) is 10.4 Å². The molecule has 0 saturated heterocycles. The van der Waals surface area contributed by atoms with Crippen LogP contribution in [-0.4, -0.2) is 30.7 Å². The van der Waals surface area contributed by atoms with E-state index in [1.165, 1.54) is 12.5 Å². The smallest absolute Gasteiger partial charge is 0.258 e. The number of benzene rings is 1. The Balaban J connectivity index is 2.03. The second-order valence-electron chi connectivity index (χ2n) is 3.53. The van der Waals surface area contributed by atoms with Crippen molar-refractivity contribution >= 4 is 15.8 Å². The fraction of sp³-hybridized carbons (Fsp3) is 0.0909. The summed E-state index contributed by atoms with van der Waals surface area (Å²) in [6.07, 6.45) is 2.43. The SMILES string of the molecule is O=C(CNS(=O)(=O)c1cnc[nH]1)c1ccccc1. The van der Waals surface area contributed by atoms with E-state index < -0.39 is 10.0 Å². The Morgan fingerprint density at radius 3 is 2.61 bits per heavy atom. The summed E-state index contributed by atoms with van der Waals surface area (Å²) in [5.74, 6) is -0.293. The fourth-order valence-corrected chi connectivity index (χ4v) is 2.24. The summed E-state index contributed by atoms with van der Waals surface area (Å²) in [5.41, 5.74) is 0.463. The van der Waals surface area contributed by atoms with Crippen LogP contribution in [0.5, 0.6) is 0 Å². The molecule has 0 bridgehead atoms. The second-order valence-corrected chi connectivity index (χ2v) is 5.26. The molecule has 0 unspecified atom stereocenters. The van der Waals surface area contributed by atoms with Gasteiger partial charge in [0.15, 0.2) is 10.8 Å². The van der Waals surface area contributed by atoms with Crippen LogP contribution in [0, 0.1) is 0 Å². The van der Waals surface area contributed by atoms with Crippen LogP contribution in [0.2, 0.25) is 0 Å². The number of carbonyl (C=O) groups is 1. The molecule has 1 heterocycles. The van der Waals surface area contributed by atoms with Gasteiger partial charge < -0.3 is 4.98 Å². The normalized spacial score (nSPS) is 11.3. The molecule has 6 nitrogen and oxygen atoms in total. The third kappa shape index (κ3) is 2.82. The van der Waals surface area contributed by atoms with Gasteiger partial charge in [0.05, 0.1) is 19.1 Å². The zero-order valence-corrected chi connectivity index (χ0v) is 10.1. The van der Waals surface area contributed by atoms with Crippen molar-refractivity contribution in [1.82, 2.24) is 14.7 Å². The predicted molar refractivity (Wildman–Crippen MR) is 64.5 cm³/mol. The van der Waals surface area contributed by atoms with Gasteiger partial charge in [-0.3, -0.25) is 4.79 Å². The maximum atomic E-state index is 11.7. The topological polar surface area (TPSA) is 91.9 Å². The first-order valence-corrected chi connectivity index (χ1v) is 6.64. The molecule has 0 radical (unpaired) electrons. The summed E-state index contributed by atoms with van der Waals surface area (Å²) in [5, 5.41) is -0.0663. The highest BCUT2D eigenvalue weighted by atomic mass is 32.2. The van der Waals surface area contributed by atoms with Crippen LogP contribution < -0.4 is 4.72 Å². The van der Waals surface area contributed by atoms with Crippen molar-refractivity contribution in [2.75, 3.05) is 6.54 Å². The summed E-state index contributed by atoms with van der Waals surface area (Å²) >= 11 is 0. The van der Waals surface area contributed by atoms with Crippen molar-refractivity contribution < 1.29 is 13.2 Å². The van der Waals surface area contributed by atoms with Crippen LogP contribution in [-0.2, 0) is 10.0 Å². The molecule has 94 valence electrons. The largest absolute Gasteiger partial charge is 0.335 e. The molecule has 2 N–H and O–H groups in total. The lowest BCUT2D eigenvalue weighted by atomic mass is 10.1. The van der Waals surface area contributed by atoms with Gasteiger partial charge in [0.25, 0.3) is 10.0 Å². The highest BCUT2D eigenvalue weighted by molar-refractivity contribution is 7.89. The molecule has 1 aromatic carbocycles. The molecule has 1 aromatic heterocycles. The molecule has 0 spiro atoms. The Labute approximate surface area is 104 Å². The maximum absolute atomic E-state index is 11.7. The van der Waals surface area contributed by atoms with Crippen LogP contribution >= 0.6 is 0 Å². The Morgan fingerprint density at radius 1 is 1.28 bits per heavy atom. The maximum Gasteiger partial charge on any atom is 0.258 e. The zero-order valence-electron chi connectivity index (χ0n) is 9.33. The minimum atomic E-state index is -3.71.